The van der Waals surface area contributed by atoms with Gasteiger partial charge in [0.05, 0.1) is 24.9 Å². The van der Waals surface area contributed by atoms with E-state index >= 15 is 0 Å². The number of rotatable bonds is 9. The van der Waals surface area contributed by atoms with E-state index in [1.54, 1.807) is 0 Å². The monoisotopic (exact) mass is 578 g/mol. The van der Waals surface area contributed by atoms with E-state index < -0.39 is 11.2 Å². The zero-order valence-electron chi connectivity index (χ0n) is 26.7. The number of ether oxygens (including phenoxy) is 2. The van der Waals surface area contributed by atoms with Crippen molar-refractivity contribution in [3.63, 3.8) is 0 Å². The lowest BCUT2D eigenvalue weighted by atomic mass is 9.42. The third-order valence-corrected chi connectivity index (χ3v) is 14.1. The molecule has 234 valence electrons. The predicted octanol–water partition coefficient (Wildman–Crippen LogP) is 6.63. The van der Waals surface area contributed by atoms with Gasteiger partial charge in [-0.25, -0.2) is 0 Å². The van der Waals surface area contributed by atoms with Crippen molar-refractivity contribution >= 4 is 0 Å². The average Bonchev–Trinajstić information content (AvgIpc) is 3.76. The van der Waals surface area contributed by atoms with Gasteiger partial charge in [0.15, 0.2) is 0 Å². The van der Waals surface area contributed by atoms with Gasteiger partial charge in [0.25, 0.3) is 0 Å². The molecule has 2 heterocycles. The first-order valence-corrected chi connectivity index (χ1v) is 17.9. The highest BCUT2D eigenvalue weighted by molar-refractivity contribution is 5.33. The molecular weight excluding hydrogens is 520 g/mol. The Kier molecular flexibility index (Phi) is 8.31. The Hall–Kier alpha value is -0.980. The molecule has 1 aromatic carbocycles. The number of hydrogen-bond donors (Lipinski definition) is 1. The van der Waals surface area contributed by atoms with E-state index in [-0.39, 0.29) is 5.41 Å². The van der Waals surface area contributed by atoms with Crippen LogP contribution in [-0.2, 0) is 15.1 Å². The number of nitrogens with zero attached hydrogens (tertiary/aromatic N) is 2. The first-order chi connectivity index (χ1) is 20.4. The number of benzene rings is 1. The Bertz CT molecular complexity index is 1060. The molecule has 6 fully saturated rings. The number of aliphatic hydroxyl groups is 1. The molecule has 5 heteroatoms. The Morgan fingerprint density at radius 2 is 1.45 bits per heavy atom. The van der Waals surface area contributed by atoms with Gasteiger partial charge in [-0.1, -0.05) is 44.2 Å². The van der Waals surface area contributed by atoms with Crippen LogP contribution in [0.15, 0.2) is 30.3 Å². The van der Waals surface area contributed by atoms with Gasteiger partial charge < -0.3 is 24.4 Å². The molecule has 3 unspecified atom stereocenters. The summed E-state index contributed by atoms with van der Waals surface area (Å²) in [5, 5.41) is 13.0. The van der Waals surface area contributed by atoms with Crippen LogP contribution in [0.2, 0.25) is 0 Å². The first kappa shape index (κ1) is 29.7. The van der Waals surface area contributed by atoms with E-state index in [0.717, 1.165) is 57.9 Å². The standard InChI is InChI=1S/C37H58N2O3/c1-34-16-14-31(41-26-24-38-20-6-7-21-38)28-30(34)12-13-33-32(34)15-17-35(2)36(33,40)18-19-37(35,29-10-4-3-5-11-29)42-27-25-39-22-8-9-23-39/h3-5,10-11,30-33,40H,6-9,12-28H2,1-2H3/t30?,31?,32-,33-,34+,35+,36-,37?/m1/s1. The fourth-order valence-corrected chi connectivity index (χ4v) is 11.5. The molecule has 0 spiro atoms. The van der Waals surface area contributed by atoms with Crippen molar-refractivity contribution in [1.29, 1.82) is 0 Å². The van der Waals surface area contributed by atoms with Crippen LogP contribution in [0.4, 0.5) is 0 Å². The van der Waals surface area contributed by atoms with Crippen molar-refractivity contribution in [2.45, 2.75) is 115 Å². The summed E-state index contributed by atoms with van der Waals surface area (Å²) in [6.07, 6.45) is 15.9. The van der Waals surface area contributed by atoms with Crippen LogP contribution < -0.4 is 0 Å². The summed E-state index contributed by atoms with van der Waals surface area (Å²) >= 11 is 0. The van der Waals surface area contributed by atoms with Crippen molar-refractivity contribution in [3.8, 4) is 0 Å². The van der Waals surface area contributed by atoms with Crippen molar-refractivity contribution in [2.24, 2.45) is 28.6 Å². The summed E-state index contributed by atoms with van der Waals surface area (Å²) in [6.45, 7) is 13.7. The van der Waals surface area contributed by atoms with Crippen molar-refractivity contribution in [1.82, 2.24) is 9.80 Å². The number of likely N-dealkylation sites (tertiary alicyclic amines) is 2. The lowest BCUT2D eigenvalue weighted by Gasteiger charge is -2.65. The summed E-state index contributed by atoms with van der Waals surface area (Å²) in [5.41, 5.74) is 0.258. The smallest absolute Gasteiger partial charge is 0.101 e. The molecule has 7 rings (SSSR count). The molecule has 4 aliphatic carbocycles. The van der Waals surface area contributed by atoms with Crippen molar-refractivity contribution < 1.29 is 14.6 Å². The molecular formula is C37H58N2O3. The molecule has 5 nitrogen and oxygen atoms in total. The van der Waals surface area contributed by atoms with Gasteiger partial charge in [-0.05, 0) is 138 Å². The van der Waals surface area contributed by atoms with E-state index in [1.807, 2.05) is 0 Å². The van der Waals surface area contributed by atoms with Gasteiger partial charge >= 0.3 is 0 Å². The van der Waals surface area contributed by atoms with Crippen LogP contribution in [0.25, 0.3) is 0 Å². The second-order valence-corrected chi connectivity index (χ2v) is 15.7. The highest BCUT2D eigenvalue weighted by Crippen LogP contribution is 2.72. The van der Waals surface area contributed by atoms with Gasteiger partial charge in [-0.15, -0.1) is 0 Å². The Labute approximate surface area is 255 Å². The van der Waals surface area contributed by atoms with Crippen LogP contribution in [0.5, 0.6) is 0 Å². The Morgan fingerprint density at radius 3 is 2.17 bits per heavy atom. The first-order valence-electron chi connectivity index (χ1n) is 17.9. The molecule has 8 atom stereocenters. The maximum Gasteiger partial charge on any atom is 0.101 e. The van der Waals surface area contributed by atoms with Crippen LogP contribution in [-0.4, -0.2) is 79.1 Å². The molecule has 0 amide bonds. The van der Waals surface area contributed by atoms with Gasteiger partial charge in [-0.3, -0.25) is 0 Å². The molecule has 6 aliphatic rings. The third kappa shape index (κ3) is 4.83. The largest absolute Gasteiger partial charge is 0.389 e. The minimum Gasteiger partial charge on any atom is -0.389 e. The fourth-order valence-electron chi connectivity index (χ4n) is 11.5. The molecule has 1 aromatic rings. The molecule has 2 saturated heterocycles. The third-order valence-electron chi connectivity index (χ3n) is 14.1. The highest BCUT2D eigenvalue weighted by Gasteiger charge is 2.72. The zero-order valence-corrected chi connectivity index (χ0v) is 26.7. The number of fused-ring (bicyclic) bond motifs is 5. The van der Waals surface area contributed by atoms with E-state index in [2.05, 4.69) is 54.0 Å². The SMILES string of the molecule is C[C@]12CCC(OCCN3CCCC3)CC1CC[C@@H]1[C@H]2CC[C@]2(C)C(OCCN3CCCC3)(c3ccccc3)CC[C@@]12O. The molecule has 0 bridgehead atoms. The summed E-state index contributed by atoms with van der Waals surface area (Å²) in [4.78, 5) is 5.14. The van der Waals surface area contributed by atoms with Crippen LogP contribution in [0.1, 0.15) is 103 Å². The normalized spacial score (nSPS) is 44.2. The van der Waals surface area contributed by atoms with E-state index in [0.29, 0.717) is 23.4 Å². The van der Waals surface area contributed by atoms with E-state index in [4.69, 9.17) is 9.47 Å². The Balaban J connectivity index is 1.07. The summed E-state index contributed by atoms with van der Waals surface area (Å²) in [7, 11) is 0. The minimum atomic E-state index is -0.670. The van der Waals surface area contributed by atoms with Gasteiger partial charge in [0, 0.05) is 18.5 Å². The second kappa shape index (κ2) is 11.7. The topological polar surface area (TPSA) is 45.2 Å². The molecule has 4 saturated carbocycles. The average molecular weight is 579 g/mol. The zero-order chi connectivity index (χ0) is 28.8. The van der Waals surface area contributed by atoms with Crippen molar-refractivity contribution in [3.05, 3.63) is 35.9 Å². The van der Waals surface area contributed by atoms with Crippen LogP contribution >= 0.6 is 0 Å². The lowest BCUT2D eigenvalue weighted by molar-refractivity contribution is -0.249. The maximum absolute atomic E-state index is 13.0. The second-order valence-electron chi connectivity index (χ2n) is 15.7. The minimum absolute atomic E-state index is 0.271. The van der Waals surface area contributed by atoms with Gasteiger partial charge in [0.1, 0.15) is 5.60 Å². The number of hydrogen-bond acceptors (Lipinski definition) is 5. The highest BCUT2D eigenvalue weighted by atomic mass is 16.5. The summed E-state index contributed by atoms with van der Waals surface area (Å²) in [6, 6.07) is 11.0. The molecule has 0 radical (unpaired) electrons. The lowest BCUT2D eigenvalue weighted by Crippen LogP contribution is -2.65. The van der Waals surface area contributed by atoms with E-state index in [9.17, 15) is 5.11 Å². The maximum atomic E-state index is 13.0. The molecule has 2 aliphatic heterocycles. The summed E-state index contributed by atoms with van der Waals surface area (Å²) < 4.78 is 13.7. The summed E-state index contributed by atoms with van der Waals surface area (Å²) in [5.74, 6) is 1.71. The van der Waals surface area contributed by atoms with E-state index in [1.165, 1.54) is 89.5 Å². The van der Waals surface area contributed by atoms with Gasteiger partial charge in [0.2, 0.25) is 0 Å². The van der Waals surface area contributed by atoms with Crippen LogP contribution in [0, 0.1) is 28.6 Å². The molecule has 1 N–H and O–H groups in total. The Morgan fingerprint density at radius 1 is 0.762 bits per heavy atom. The quantitative estimate of drug-likeness (QED) is 0.356. The fraction of sp³-hybridized carbons (Fsp3) is 0.838. The molecule has 42 heavy (non-hydrogen) atoms. The van der Waals surface area contributed by atoms with Gasteiger partial charge in [-0.2, -0.15) is 0 Å². The predicted molar refractivity (Wildman–Crippen MR) is 168 cm³/mol. The van der Waals surface area contributed by atoms with Crippen LogP contribution in [0.3, 0.4) is 0 Å². The molecule has 0 aromatic heterocycles. The van der Waals surface area contributed by atoms with Crippen molar-refractivity contribution in [2.75, 3.05) is 52.5 Å².